The third-order valence-electron chi connectivity index (χ3n) is 4.61. The molecular weight excluding hydrogens is 420 g/mol. The highest BCUT2D eigenvalue weighted by molar-refractivity contribution is 7.99. The number of rotatable bonds is 11. The third-order valence-corrected chi connectivity index (χ3v) is 5.84. The number of thioether (sulfide) groups is 1. The minimum Gasteiger partial charge on any atom is -0.497 e. The highest BCUT2D eigenvalue weighted by Crippen LogP contribution is 2.19. The van der Waals surface area contributed by atoms with Crippen LogP contribution >= 0.6 is 23.4 Å². The molecule has 1 unspecified atom stereocenters. The lowest BCUT2D eigenvalue weighted by molar-refractivity contribution is -0.138. The first-order valence-electron chi connectivity index (χ1n) is 9.97. The molecule has 1 N–H and O–H groups in total. The Morgan fingerprint density at radius 1 is 1.17 bits per heavy atom. The van der Waals surface area contributed by atoms with Crippen LogP contribution in [-0.2, 0) is 21.9 Å². The molecule has 0 aromatic heterocycles. The summed E-state index contributed by atoms with van der Waals surface area (Å²) in [5.41, 5.74) is 2.01. The Labute approximate surface area is 188 Å². The van der Waals surface area contributed by atoms with Crippen LogP contribution < -0.4 is 10.1 Å². The van der Waals surface area contributed by atoms with Crippen LogP contribution in [0.3, 0.4) is 0 Å². The monoisotopic (exact) mass is 448 g/mol. The zero-order valence-electron chi connectivity index (χ0n) is 17.7. The van der Waals surface area contributed by atoms with Gasteiger partial charge in [0, 0.05) is 23.9 Å². The summed E-state index contributed by atoms with van der Waals surface area (Å²) in [6, 6.07) is 14.6. The number of benzene rings is 2. The topological polar surface area (TPSA) is 58.6 Å². The molecule has 2 amide bonds. The summed E-state index contributed by atoms with van der Waals surface area (Å²) in [6.07, 6.45) is 0.848. The lowest BCUT2D eigenvalue weighted by Crippen LogP contribution is -2.48. The molecule has 2 aromatic carbocycles. The van der Waals surface area contributed by atoms with E-state index in [1.807, 2.05) is 55.5 Å². The molecule has 2 aromatic rings. The molecule has 0 spiro atoms. The van der Waals surface area contributed by atoms with Crippen molar-refractivity contribution in [1.29, 1.82) is 0 Å². The number of nitrogens with one attached hydrogen (secondary N) is 1. The molecule has 0 aliphatic heterocycles. The first-order valence-corrected chi connectivity index (χ1v) is 11.5. The summed E-state index contributed by atoms with van der Waals surface area (Å²) < 4.78 is 5.20. The first kappa shape index (κ1) is 24.1. The van der Waals surface area contributed by atoms with E-state index in [0.717, 1.165) is 23.3 Å². The van der Waals surface area contributed by atoms with Crippen molar-refractivity contribution in [2.24, 2.45) is 0 Å². The van der Waals surface area contributed by atoms with Gasteiger partial charge in [-0.2, -0.15) is 0 Å². The van der Waals surface area contributed by atoms with Crippen molar-refractivity contribution >= 4 is 35.2 Å². The van der Waals surface area contributed by atoms with E-state index in [9.17, 15) is 9.59 Å². The fourth-order valence-electron chi connectivity index (χ4n) is 2.87. The van der Waals surface area contributed by atoms with Gasteiger partial charge in [-0.25, -0.2) is 0 Å². The molecule has 0 saturated carbocycles. The minimum atomic E-state index is -0.557. The molecular formula is C23H29ClN2O3S. The molecule has 0 aliphatic carbocycles. The summed E-state index contributed by atoms with van der Waals surface area (Å²) in [6.45, 7) is 4.73. The minimum absolute atomic E-state index is 0.0722. The van der Waals surface area contributed by atoms with Crippen LogP contribution in [0.1, 0.15) is 31.4 Å². The Kier molecular flexibility index (Phi) is 10.0. The van der Waals surface area contributed by atoms with Crippen LogP contribution in [0.4, 0.5) is 0 Å². The highest BCUT2D eigenvalue weighted by Gasteiger charge is 2.25. The molecule has 0 radical (unpaired) electrons. The number of hydrogen-bond acceptors (Lipinski definition) is 4. The Morgan fingerprint density at radius 3 is 2.53 bits per heavy atom. The maximum absolute atomic E-state index is 13.0. The van der Waals surface area contributed by atoms with Crippen LogP contribution in [0, 0.1) is 0 Å². The second kappa shape index (κ2) is 12.5. The predicted molar refractivity (Wildman–Crippen MR) is 124 cm³/mol. The van der Waals surface area contributed by atoms with Gasteiger partial charge in [-0.1, -0.05) is 42.8 Å². The van der Waals surface area contributed by atoms with Crippen LogP contribution in [-0.4, -0.2) is 42.2 Å². The lowest BCUT2D eigenvalue weighted by Gasteiger charge is -2.28. The van der Waals surface area contributed by atoms with E-state index in [4.69, 9.17) is 16.3 Å². The average molecular weight is 449 g/mol. The quantitative estimate of drug-likeness (QED) is 0.548. The van der Waals surface area contributed by atoms with E-state index in [-0.39, 0.29) is 17.6 Å². The lowest BCUT2D eigenvalue weighted by atomic mass is 10.1. The number of nitrogens with zero attached hydrogens (tertiary/aromatic N) is 1. The van der Waals surface area contributed by atoms with Crippen LogP contribution in [0.5, 0.6) is 5.75 Å². The van der Waals surface area contributed by atoms with Crippen molar-refractivity contribution in [3.8, 4) is 5.75 Å². The number of amides is 2. The van der Waals surface area contributed by atoms with Gasteiger partial charge in [0.1, 0.15) is 11.8 Å². The van der Waals surface area contributed by atoms with Gasteiger partial charge in [0.05, 0.1) is 12.9 Å². The maximum atomic E-state index is 13.0. The van der Waals surface area contributed by atoms with Crippen molar-refractivity contribution in [3.05, 3.63) is 64.7 Å². The largest absolute Gasteiger partial charge is 0.497 e. The van der Waals surface area contributed by atoms with Gasteiger partial charge < -0.3 is 15.0 Å². The fraction of sp³-hybridized carbons (Fsp3) is 0.391. The molecule has 0 heterocycles. The molecule has 30 heavy (non-hydrogen) atoms. The molecule has 2 rings (SSSR count). The Balaban J connectivity index is 2.05. The maximum Gasteiger partial charge on any atom is 0.242 e. The van der Waals surface area contributed by atoms with Crippen molar-refractivity contribution < 1.29 is 14.3 Å². The smallest absolute Gasteiger partial charge is 0.242 e. The zero-order chi connectivity index (χ0) is 21.9. The zero-order valence-corrected chi connectivity index (χ0v) is 19.3. The van der Waals surface area contributed by atoms with E-state index in [1.54, 1.807) is 18.9 Å². The summed E-state index contributed by atoms with van der Waals surface area (Å²) in [4.78, 5) is 27.2. The number of carbonyl (C=O) groups is 2. The Hall–Kier alpha value is -2.18. The molecule has 0 fully saturated rings. The average Bonchev–Trinajstić information content (AvgIpc) is 2.75. The van der Waals surface area contributed by atoms with Gasteiger partial charge in [0.25, 0.3) is 0 Å². The fourth-order valence-corrected chi connectivity index (χ4v) is 3.94. The van der Waals surface area contributed by atoms with Crippen LogP contribution in [0.25, 0.3) is 0 Å². The molecule has 0 saturated heterocycles. The van der Waals surface area contributed by atoms with E-state index in [1.165, 1.54) is 11.8 Å². The molecule has 0 bridgehead atoms. The molecule has 162 valence electrons. The van der Waals surface area contributed by atoms with Crippen molar-refractivity contribution in [3.63, 3.8) is 0 Å². The summed E-state index contributed by atoms with van der Waals surface area (Å²) in [5.74, 6) is 1.51. The van der Waals surface area contributed by atoms with Gasteiger partial charge >= 0.3 is 0 Å². The third kappa shape index (κ3) is 7.58. The van der Waals surface area contributed by atoms with Gasteiger partial charge in [0.15, 0.2) is 0 Å². The van der Waals surface area contributed by atoms with Crippen molar-refractivity contribution in [2.45, 2.75) is 38.6 Å². The molecule has 5 nitrogen and oxygen atoms in total. The van der Waals surface area contributed by atoms with Crippen LogP contribution in [0.15, 0.2) is 48.5 Å². The summed E-state index contributed by atoms with van der Waals surface area (Å²) >= 11 is 7.54. The van der Waals surface area contributed by atoms with Crippen molar-refractivity contribution in [2.75, 3.05) is 19.4 Å². The molecule has 7 heteroatoms. The summed E-state index contributed by atoms with van der Waals surface area (Å²) in [7, 11) is 1.61. The SMILES string of the molecule is CCCNC(=O)C(C)N(Cc1ccc(OC)cc1)C(=O)CSCc1cccc(Cl)c1. The van der Waals surface area contributed by atoms with Gasteiger partial charge in [-0.05, 0) is 48.7 Å². The van der Waals surface area contributed by atoms with E-state index >= 15 is 0 Å². The van der Waals surface area contributed by atoms with Gasteiger partial charge in [0.2, 0.25) is 11.8 Å². The van der Waals surface area contributed by atoms with Crippen molar-refractivity contribution in [1.82, 2.24) is 10.2 Å². The number of methoxy groups -OCH3 is 1. The highest BCUT2D eigenvalue weighted by atomic mass is 35.5. The Morgan fingerprint density at radius 2 is 1.90 bits per heavy atom. The predicted octanol–water partition coefficient (Wildman–Crippen LogP) is 4.53. The second-order valence-corrected chi connectivity index (χ2v) is 8.38. The number of hydrogen-bond donors (Lipinski definition) is 1. The molecule has 1 atom stereocenters. The number of carbonyl (C=O) groups excluding carboxylic acids is 2. The van der Waals surface area contributed by atoms with Gasteiger partial charge in [-0.15, -0.1) is 11.8 Å². The van der Waals surface area contributed by atoms with E-state index in [2.05, 4.69) is 5.32 Å². The first-order chi connectivity index (χ1) is 14.4. The number of halogens is 1. The van der Waals surface area contributed by atoms with E-state index in [0.29, 0.717) is 23.9 Å². The standard InChI is InChI=1S/C23H29ClN2O3S/c1-4-12-25-23(28)17(2)26(14-18-8-10-21(29-3)11-9-18)22(27)16-30-15-19-6-5-7-20(24)13-19/h5-11,13,17H,4,12,14-16H2,1-3H3,(H,25,28). The summed E-state index contributed by atoms with van der Waals surface area (Å²) in [5, 5.41) is 3.57. The van der Waals surface area contributed by atoms with E-state index < -0.39 is 6.04 Å². The Bertz CT molecular complexity index is 829. The normalized spacial score (nSPS) is 11.6. The second-order valence-electron chi connectivity index (χ2n) is 6.96. The number of ether oxygens (including phenoxy) is 1. The van der Waals surface area contributed by atoms with Gasteiger partial charge in [-0.3, -0.25) is 9.59 Å². The molecule has 0 aliphatic rings. The van der Waals surface area contributed by atoms with Crippen LogP contribution in [0.2, 0.25) is 5.02 Å².